The van der Waals surface area contributed by atoms with E-state index in [0.29, 0.717) is 12.0 Å². The van der Waals surface area contributed by atoms with Crippen molar-refractivity contribution in [1.29, 1.82) is 0 Å². The topological polar surface area (TPSA) is 3.24 Å². The molecule has 0 amide bonds. The summed E-state index contributed by atoms with van der Waals surface area (Å²) in [4.78, 5) is 2.38. The molecule has 120 valence electrons. The first kappa shape index (κ1) is 17.3. The molecule has 0 aliphatic rings. The number of rotatable bonds is 6. The minimum absolute atomic E-state index is 0.317. The fourth-order valence-electron chi connectivity index (χ4n) is 2.97. The Morgan fingerprint density at radius 3 is 1.74 bits per heavy atom. The highest BCUT2D eigenvalue weighted by Crippen LogP contribution is 2.27. The first-order valence-electron chi connectivity index (χ1n) is 8.58. The molecule has 1 nitrogen and oxygen atoms in total. The quantitative estimate of drug-likeness (QED) is 0.683. The smallest absolute Gasteiger partial charge is 0.0685 e. The third-order valence-electron chi connectivity index (χ3n) is 4.38. The summed E-state index contributed by atoms with van der Waals surface area (Å²) in [7, 11) is 0. The van der Waals surface area contributed by atoms with Gasteiger partial charge in [-0.25, -0.2) is 0 Å². The van der Waals surface area contributed by atoms with E-state index in [1.54, 1.807) is 0 Å². The van der Waals surface area contributed by atoms with Gasteiger partial charge in [0.15, 0.2) is 0 Å². The summed E-state index contributed by atoms with van der Waals surface area (Å²) in [6.45, 7) is 8.68. The Kier molecular flexibility index (Phi) is 6.91. The molecule has 2 aromatic carbocycles. The molecule has 0 saturated carbocycles. The van der Waals surface area contributed by atoms with Crippen LogP contribution in [0.4, 0.5) is 0 Å². The van der Waals surface area contributed by atoms with Crippen molar-refractivity contribution in [3.8, 4) is 11.8 Å². The van der Waals surface area contributed by atoms with Crippen LogP contribution in [0, 0.1) is 11.8 Å². The average Bonchev–Trinajstić information content (AvgIpc) is 2.61. The molecule has 0 spiro atoms. The largest absolute Gasteiger partial charge is 0.291 e. The van der Waals surface area contributed by atoms with Gasteiger partial charge in [-0.3, -0.25) is 4.90 Å². The molecule has 0 fully saturated rings. The molecule has 2 aromatic rings. The molecule has 2 rings (SSSR count). The summed E-state index contributed by atoms with van der Waals surface area (Å²) >= 11 is 0. The van der Waals surface area contributed by atoms with Gasteiger partial charge in [0, 0.05) is 12.3 Å². The molecule has 0 saturated heterocycles. The molecule has 0 aromatic heterocycles. The summed E-state index contributed by atoms with van der Waals surface area (Å²) in [5, 5.41) is 0. The van der Waals surface area contributed by atoms with Gasteiger partial charge in [0.05, 0.1) is 6.04 Å². The second-order valence-electron chi connectivity index (χ2n) is 5.80. The molecule has 0 bridgehead atoms. The Morgan fingerprint density at radius 2 is 1.30 bits per heavy atom. The summed E-state index contributed by atoms with van der Waals surface area (Å²) in [5.74, 6) is 7.21. The number of hydrogen-bond acceptors (Lipinski definition) is 1. The second kappa shape index (κ2) is 9.18. The van der Waals surface area contributed by atoms with Crippen LogP contribution in [0.2, 0.25) is 0 Å². The van der Waals surface area contributed by atoms with Crippen molar-refractivity contribution in [2.45, 2.75) is 39.2 Å². The number of hydrogen-bond donors (Lipinski definition) is 0. The Balaban J connectivity index is 2.17. The fourth-order valence-corrected chi connectivity index (χ4v) is 2.97. The van der Waals surface area contributed by atoms with Crippen molar-refractivity contribution in [1.82, 2.24) is 4.90 Å². The average molecular weight is 305 g/mol. The van der Waals surface area contributed by atoms with E-state index in [-0.39, 0.29) is 0 Å². The minimum Gasteiger partial charge on any atom is -0.291 e. The number of benzene rings is 2. The van der Waals surface area contributed by atoms with E-state index < -0.39 is 0 Å². The van der Waals surface area contributed by atoms with Gasteiger partial charge in [0.25, 0.3) is 0 Å². The lowest BCUT2D eigenvalue weighted by atomic mass is 9.89. The maximum atomic E-state index is 3.44. The highest BCUT2D eigenvalue weighted by molar-refractivity contribution is 5.34. The van der Waals surface area contributed by atoms with Gasteiger partial charge in [-0.05, 0) is 31.1 Å². The second-order valence-corrected chi connectivity index (χ2v) is 5.80. The molecule has 0 N–H and O–H groups in total. The van der Waals surface area contributed by atoms with Crippen LogP contribution in [0.3, 0.4) is 0 Å². The van der Waals surface area contributed by atoms with Crippen LogP contribution in [-0.2, 0) is 0 Å². The summed E-state index contributed by atoms with van der Waals surface area (Å²) in [6.07, 6.45) is 0.861. The lowest BCUT2D eigenvalue weighted by Crippen LogP contribution is -2.31. The van der Waals surface area contributed by atoms with Gasteiger partial charge in [-0.1, -0.05) is 80.4 Å². The van der Waals surface area contributed by atoms with Crippen LogP contribution in [-0.4, -0.2) is 24.0 Å². The Labute approximate surface area is 141 Å². The predicted octanol–water partition coefficient (Wildman–Crippen LogP) is 4.94. The van der Waals surface area contributed by atoms with Gasteiger partial charge in [-0.2, -0.15) is 0 Å². The van der Waals surface area contributed by atoms with E-state index in [4.69, 9.17) is 0 Å². The lowest BCUT2D eigenvalue weighted by Gasteiger charge is -2.21. The molecule has 23 heavy (non-hydrogen) atoms. The van der Waals surface area contributed by atoms with Gasteiger partial charge in [-0.15, -0.1) is 5.92 Å². The van der Waals surface area contributed by atoms with E-state index in [2.05, 4.69) is 98.2 Å². The van der Waals surface area contributed by atoms with E-state index in [1.165, 1.54) is 11.1 Å². The minimum atomic E-state index is 0.317. The van der Waals surface area contributed by atoms with Crippen LogP contribution in [0.1, 0.15) is 44.2 Å². The van der Waals surface area contributed by atoms with Gasteiger partial charge < -0.3 is 0 Å². The third-order valence-corrected chi connectivity index (χ3v) is 4.38. The van der Waals surface area contributed by atoms with Crippen LogP contribution >= 0.6 is 0 Å². The van der Waals surface area contributed by atoms with E-state index in [9.17, 15) is 0 Å². The van der Waals surface area contributed by atoms with E-state index in [0.717, 1.165) is 19.5 Å². The lowest BCUT2D eigenvalue weighted by molar-refractivity contribution is 0.275. The SMILES string of the molecule is CCN(CC)[C@@H](C)C#CCC(c1ccccc1)c1ccccc1. The summed E-state index contributed by atoms with van der Waals surface area (Å²) < 4.78 is 0. The zero-order chi connectivity index (χ0) is 16.5. The highest BCUT2D eigenvalue weighted by Gasteiger charge is 2.12. The molecule has 0 radical (unpaired) electrons. The predicted molar refractivity (Wildman–Crippen MR) is 99.5 cm³/mol. The standard InChI is InChI=1S/C22H27N/c1-4-23(5-2)19(3)13-12-18-22(20-14-8-6-9-15-20)21-16-10-7-11-17-21/h6-11,14-17,19,22H,4-5,18H2,1-3H3/t19-/m0/s1. The Bertz CT molecular complexity index is 578. The molecule has 0 aliphatic heterocycles. The molecular weight excluding hydrogens is 278 g/mol. The van der Waals surface area contributed by atoms with E-state index in [1.807, 2.05) is 0 Å². The van der Waals surface area contributed by atoms with Crippen molar-refractivity contribution in [2.24, 2.45) is 0 Å². The van der Waals surface area contributed by atoms with Crippen molar-refractivity contribution >= 4 is 0 Å². The summed E-state index contributed by atoms with van der Waals surface area (Å²) in [6, 6.07) is 21.7. The maximum Gasteiger partial charge on any atom is 0.0685 e. The van der Waals surface area contributed by atoms with Crippen molar-refractivity contribution < 1.29 is 0 Å². The third kappa shape index (κ3) is 4.98. The maximum absolute atomic E-state index is 3.44. The molecule has 1 atom stereocenters. The molecular formula is C22H27N. The van der Waals surface area contributed by atoms with Crippen LogP contribution in [0.15, 0.2) is 60.7 Å². The normalized spacial score (nSPS) is 12.0. The molecule has 0 heterocycles. The molecule has 1 heteroatoms. The highest BCUT2D eigenvalue weighted by atomic mass is 15.1. The van der Waals surface area contributed by atoms with Crippen molar-refractivity contribution in [3.63, 3.8) is 0 Å². The first-order valence-corrected chi connectivity index (χ1v) is 8.58. The first-order chi connectivity index (χ1) is 11.3. The zero-order valence-electron chi connectivity index (χ0n) is 14.5. The molecule has 0 unspecified atom stereocenters. The van der Waals surface area contributed by atoms with Crippen LogP contribution < -0.4 is 0 Å². The fraction of sp³-hybridized carbons (Fsp3) is 0.364. The van der Waals surface area contributed by atoms with Crippen molar-refractivity contribution in [3.05, 3.63) is 71.8 Å². The van der Waals surface area contributed by atoms with E-state index >= 15 is 0 Å². The Morgan fingerprint density at radius 1 is 0.826 bits per heavy atom. The summed E-state index contributed by atoms with van der Waals surface area (Å²) in [5.41, 5.74) is 2.67. The zero-order valence-corrected chi connectivity index (χ0v) is 14.5. The van der Waals surface area contributed by atoms with Gasteiger partial charge in [0.2, 0.25) is 0 Å². The van der Waals surface area contributed by atoms with Gasteiger partial charge in [0.1, 0.15) is 0 Å². The molecule has 0 aliphatic carbocycles. The number of nitrogens with zero attached hydrogens (tertiary/aromatic N) is 1. The van der Waals surface area contributed by atoms with Crippen LogP contribution in [0.5, 0.6) is 0 Å². The van der Waals surface area contributed by atoms with Gasteiger partial charge >= 0.3 is 0 Å². The monoisotopic (exact) mass is 305 g/mol. The Hall–Kier alpha value is -2.04. The van der Waals surface area contributed by atoms with Crippen molar-refractivity contribution in [2.75, 3.05) is 13.1 Å². The van der Waals surface area contributed by atoms with Crippen LogP contribution in [0.25, 0.3) is 0 Å².